The minimum atomic E-state index is -4.09. The van der Waals surface area contributed by atoms with Gasteiger partial charge in [-0.05, 0) is 77.3 Å². The molecule has 0 bridgehead atoms. The third kappa shape index (κ3) is 8.87. The number of anilines is 1. The normalized spacial score (nSPS) is 20.4. The summed E-state index contributed by atoms with van der Waals surface area (Å²) in [6.07, 6.45) is 4.72. The van der Waals surface area contributed by atoms with Crippen LogP contribution in [0.15, 0.2) is 52.1 Å². The van der Waals surface area contributed by atoms with Gasteiger partial charge in [0.25, 0.3) is 21.8 Å². The number of hydrogen-bond acceptors (Lipinski definition) is 10. The van der Waals surface area contributed by atoms with Crippen molar-refractivity contribution >= 4 is 27.5 Å². The number of nitrogens with one attached hydrogen (secondary N) is 1. The van der Waals surface area contributed by atoms with Gasteiger partial charge in [0.05, 0.1) is 30.4 Å². The van der Waals surface area contributed by atoms with Crippen molar-refractivity contribution in [2.45, 2.75) is 77.0 Å². The van der Waals surface area contributed by atoms with Crippen molar-refractivity contribution in [2.24, 2.45) is 5.92 Å². The lowest BCUT2D eigenvalue weighted by Gasteiger charge is -2.36. The number of ether oxygens (including phenoxy) is 2. The first-order valence-corrected chi connectivity index (χ1v) is 17.3. The highest BCUT2D eigenvalue weighted by atomic mass is 32.2. The van der Waals surface area contributed by atoms with E-state index in [0.29, 0.717) is 24.3 Å². The molecule has 3 heterocycles. The number of carbonyl (C=O) groups excluding carboxylic acids is 2. The first-order valence-electron chi connectivity index (χ1n) is 15.8. The number of carbonyl (C=O) groups is 2. The van der Waals surface area contributed by atoms with Crippen LogP contribution in [0.3, 0.4) is 0 Å². The molecule has 0 aliphatic carbocycles. The van der Waals surface area contributed by atoms with E-state index in [0.717, 1.165) is 12.8 Å². The van der Waals surface area contributed by atoms with Crippen LogP contribution in [0.25, 0.3) is 0 Å². The fourth-order valence-corrected chi connectivity index (χ4v) is 6.96. The Morgan fingerprint density at radius 1 is 1.17 bits per heavy atom. The van der Waals surface area contributed by atoms with E-state index in [-0.39, 0.29) is 65.2 Å². The maximum Gasteiger partial charge on any atom is 0.267 e. The topological polar surface area (TPSA) is 164 Å². The monoisotopic (exact) mass is 671 g/mol. The third-order valence-electron chi connectivity index (χ3n) is 8.27. The minimum Gasteiger partial charge on any atom is -0.490 e. The van der Waals surface area contributed by atoms with E-state index in [1.807, 2.05) is 13.8 Å². The molecule has 1 aromatic carbocycles. The van der Waals surface area contributed by atoms with Gasteiger partial charge in [-0.25, -0.2) is 8.42 Å². The Kier molecular flexibility index (Phi) is 12.0. The first-order chi connectivity index (χ1) is 22.3. The van der Waals surface area contributed by atoms with E-state index < -0.39 is 28.1 Å². The van der Waals surface area contributed by atoms with E-state index in [1.54, 1.807) is 55.5 Å². The molecule has 256 valence electrons. The summed E-state index contributed by atoms with van der Waals surface area (Å²) in [6.45, 7) is 9.25. The zero-order valence-corrected chi connectivity index (χ0v) is 28.6. The number of amides is 2. The Hall–Kier alpha value is -4.01. The second-order valence-corrected chi connectivity index (χ2v) is 13.8. The number of likely N-dealkylation sites (N-methyl/N-ethyl adjacent to an activating group) is 1. The molecule has 14 heteroatoms. The minimum absolute atomic E-state index is 0.0726. The van der Waals surface area contributed by atoms with Gasteiger partial charge in [-0.2, -0.15) is 0 Å². The zero-order chi connectivity index (χ0) is 34.3. The van der Waals surface area contributed by atoms with E-state index >= 15 is 0 Å². The highest BCUT2D eigenvalue weighted by Gasteiger charge is 2.32. The predicted molar refractivity (Wildman–Crippen MR) is 175 cm³/mol. The van der Waals surface area contributed by atoms with E-state index in [9.17, 15) is 23.1 Å². The number of fused-ring (bicyclic) bond motifs is 1. The lowest BCUT2D eigenvalue weighted by atomic mass is 10.0. The van der Waals surface area contributed by atoms with Gasteiger partial charge < -0.3 is 28.9 Å². The fourth-order valence-electron chi connectivity index (χ4n) is 5.58. The Morgan fingerprint density at radius 2 is 1.89 bits per heavy atom. The molecule has 2 amide bonds. The number of aliphatic hydroxyl groups is 1. The molecule has 0 saturated heterocycles. The lowest BCUT2D eigenvalue weighted by molar-refractivity contribution is -0.0149. The van der Waals surface area contributed by atoms with Crippen molar-refractivity contribution in [3.05, 3.63) is 65.3 Å². The smallest absolute Gasteiger partial charge is 0.267 e. The quantitative estimate of drug-likeness (QED) is 0.357. The molecule has 0 spiro atoms. The van der Waals surface area contributed by atoms with Crippen LogP contribution in [0.2, 0.25) is 0 Å². The van der Waals surface area contributed by atoms with Gasteiger partial charge in [0, 0.05) is 56.3 Å². The van der Waals surface area contributed by atoms with Crippen LogP contribution in [0, 0.1) is 19.8 Å². The second kappa shape index (κ2) is 15.7. The summed E-state index contributed by atoms with van der Waals surface area (Å²) >= 11 is 0. The summed E-state index contributed by atoms with van der Waals surface area (Å²) in [5.74, 6) is -0.434. The van der Waals surface area contributed by atoms with Gasteiger partial charge in [0.15, 0.2) is 10.7 Å². The molecule has 13 nitrogen and oxygen atoms in total. The van der Waals surface area contributed by atoms with Crippen molar-refractivity contribution < 1.29 is 37.1 Å². The maximum atomic E-state index is 14.4. The summed E-state index contributed by atoms with van der Waals surface area (Å²) < 4.78 is 46.8. The van der Waals surface area contributed by atoms with Gasteiger partial charge >= 0.3 is 0 Å². The molecule has 4 atom stereocenters. The number of hydrogen-bond donors (Lipinski definition) is 2. The van der Waals surface area contributed by atoms with Crippen LogP contribution >= 0.6 is 0 Å². The Balaban J connectivity index is 1.67. The molecule has 1 aliphatic heterocycles. The van der Waals surface area contributed by atoms with Crippen LogP contribution < -0.4 is 9.46 Å². The first kappa shape index (κ1) is 35.8. The molecule has 1 aliphatic rings. The maximum absolute atomic E-state index is 14.4. The van der Waals surface area contributed by atoms with Crippen molar-refractivity contribution in [3.8, 4) is 5.75 Å². The number of aromatic nitrogens is 2. The van der Waals surface area contributed by atoms with Crippen molar-refractivity contribution in [1.82, 2.24) is 19.9 Å². The van der Waals surface area contributed by atoms with Crippen molar-refractivity contribution in [1.29, 1.82) is 0 Å². The fraction of sp³-hybridized carbons (Fsp3) is 0.515. The molecule has 2 aromatic heterocycles. The summed E-state index contributed by atoms with van der Waals surface area (Å²) in [4.78, 5) is 34.6. The standard InChI is InChI=1S/C33H45N5O8S/c1-21-18-38(22(2)20-39)33(41)28-17-27(36-47(42,43)31-24(4)35-46-25(31)5)10-11-29(28)45-23(3)9-7-8-16-44-30(21)19-37(6)32(40)26-12-14-34-15-13-26/h10-15,17,21-23,30,36,39H,7-9,16,18-20H2,1-6H3/t21-,22-,23-,30+/m0/s1. The molecule has 4 rings (SSSR count). The van der Waals surface area contributed by atoms with Gasteiger partial charge in [0.2, 0.25) is 0 Å². The number of aliphatic hydroxyl groups excluding tert-OH is 1. The van der Waals surface area contributed by atoms with Gasteiger partial charge in [-0.1, -0.05) is 12.1 Å². The predicted octanol–water partition coefficient (Wildman–Crippen LogP) is 4.05. The number of rotatable bonds is 8. The number of sulfonamides is 1. The van der Waals surface area contributed by atoms with Gasteiger partial charge in [-0.15, -0.1) is 0 Å². The Bertz CT molecular complexity index is 1610. The molecule has 3 aromatic rings. The van der Waals surface area contributed by atoms with Gasteiger partial charge in [0.1, 0.15) is 11.4 Å². The third-order valence-corrected chi connectivity index (χ3v) is 9.89. The van der Waals surface area contributed by atoms with Crippen LogP contribution in [0.1, 0.15) is 72.2 Å². The molecule has 0 radical (unpaired) electrons. The second-order valence-electron chi connectivity index (χ2n) is 12.2. The van der Waals surface area contributed by atoms with E-state index in [1.165, 1.54) is 24.8 Å². The largest absolute Gasteiger partial charge is 0.490 e. The van der Waals surface area contributed by atoms with Crippen LogP contribution in [0.5, 0.6) is 5.75 Å². The number of benzene rings is 1. The van der Waals surface area contributed by atoms with E-state index in [4.69, 9.17) is 14.0 Å². The SMILES string of the molecule is Cc1noc(C)c1S(=O)(=O)Nc1ccc2c(c1)C(=O)N([C@@H](C)CO)C[C@H](C)[C@@H](CN(C)C(=O)c1ccncc1)OCCCC[C@H](C)O2. The molecular weight excluding hydrogens is 626 g/mol. The lowest BCUT2D eigenvalue weighted by Crippen LogP contribution is -2.48. The zero-order valence-electron chi connectivity index (χ0n) is 27.8. The van der Waals surface area contributed by atoms with E-state index in [2.05, 4.69) is 14.9 Å². The Labute approximate surface area is 276 Å². The molecule has 2 N–H and O–H groups in total. The summed E-state index contributed by atoms with van der Waals surface area (Å²) in [5.41, 5.74) is 1.01. The molecule has 47 heavy (non-hydrogen) atoms. The molecular formula is C33H45N5O8S. The number of pyridine rings is 1. The average molecular weight is 672 g/mol. The molecule has 0 unspecified atom stereocenters. The van der Waals surface area contributed by atoms with Gasteiger partial charge in [-0.3, -0.25) is 19.3 Å². The van der Waals surface area contributed by atoms with Crippen LogP contribution in [0.4, 0.5) is 5.69 Å². The number of aryl methyl sites for hydroxylation is 2. The van der Waals surface area contributed by atoms with Crippen molar-refractivity contribution in [2.75, 3.05) is 38.1 Å². The number of nitrogens with zero attached hydrogens (tertiary/aromatic N) is 4. The summed E-state index contributed by atoms with van der Waals surface area (Å²) in [7, 11) is -2.38. The van der Waals surface area contributed by atoms with Crippen LogP contribution in [-0.4, -0.2) is 96.9 Å². The van der Waals surface area contributed by atoms with Crippen molar-refractivity contribution in [3.63, 3.8) is 0 Å². The molecule has 0 saturated carbocycles. The molecule has 0 fully saturated rings. The summed E-state index contributed by atoms with van der Waals surface area (Å²) in [5, 5.41) is 14.0. The highest BCUT2D eigenvalue weighted by Crippen LogP contribution is 2.30. The van der Waals surface area contributed by atoms with Crippen LogP contribution in [-0.2, 0) is 14.8 Å². The Morgan fingerprint density at radius 3 is 2.55 bits per heavy atom. The average Bonchev–Trinajstić information content (AvgIpc) is 3.40. The summed E-state index contributed by atoms with van der Waals surface area (Å²) in [6, 6.07) is 7.29. The highest BCUT2D eigenvalue weighted by molar-refractivity contribution is 7.92.